The van der Waals surface area contributed by atoms with E-state index in [2.05, 4.69) is 18.9 Å². The second-order valence-electron chi connectivity index (χ2n) is 7.24. The first-order chi connectivity index (χ1) is 18.8. The molecule has 0 spiro atoms. The number of carbonyl (C=O) groups excluding carboxylic acids is 4. The molecule has 8 nitrogen and oxygen atoms in total. The third-order valence-electron chi connectivity index (χ3n) is 3.56. The first kappa shape index (κ1) is 40.9. The molecular formula is C18H16F16O8. The van der Waals surface area contributed by atoms with Gasteiger partial charge in [0.2, 0.25) is 0 Å². The van der Waals surface area contributed by atoms with E-state index in [1.165, 1.54) is 0 Å². The molecule has 0 saturated carbocycles. The summed E-state index contributed by atoms with van der Waals surface area (Å²) >= 11 is 0. The molecule has 0 aliphatic carbocycles. The number of carbonyl (C=O) groups is 4. The minimum absolute atomic E-state index is 1.47. The summed E-state index contributed by atoms with van der Waals surface area (Å²) in [6.07, 6.45) is -19.4. The molecule has 0 radical (unpaired) electrons. The first-order valence-electron chi connectivity index (χ1n) is 10.0. The van der Waals surface area contributed by atoms with E-state index in [0.717, 1.165) is 0 Å². The average Bonchev–Trinajstić information content (AvgIpc) is 2.84. The molecule has 0 atom stereocenters. The van der Waals surface area contributed by atoms with Crippen molar-refractivity contribution in [3.63, 3.8) is 0 Å². The molecule has 0 rings (SSSR count). The number of hydrogen-bond donors (Lipinski definition) is 0. The lowest BCUT2D eigenvalue weighted by molar-refractivity contribution is -0.188. The maximum Gasteiger partial charge on any atom is 0.340 e. The van der Waals surface area contributed by atoms with Crippen LogP contribution in [0.1, 0.15) is 12.8 Å². The molecule has 0 aromatic heterocycles. The van der Waals surface area contributed by atoms with E-state index in [4.69, 9.17) is 0 Å². The predicted molar refractivity (Wildman–Crippen MR) is 96.9 cm³/mol. The summed E-state index contributed by atoms with van der Waals surface area (Å²) in [7, 11) is 0. The highest BCUT2D eigenvalue weighted by Gasteiger charge is 2.45. The van der Waals surface area contributed by atoms with Crippen molar-refractivity contribution in [2.24, 2.45) is 0 Å². The highest BCUT2D eigenvalue weighted by atomic mass is 19.3. The zero-order chi connectivity index (χ0) is 33.7. The van der Waals surface area contributed by atoms with E-state index in [1.807, 2.05) is 0 Å². The fourth-order valence-corrected chi connectivity index (χ4v) is 1.40. The van der Waals surface area contributed by atoms with Crippen molar-refractivity contribution in [3.05, 3.63) is 0 Å². The molecule has 24 heteroatoms. The van der Waals surface area contributed by atoms with Crippen LogP contribution in [0.4, 0.5) is 70.2 Å². The highest BCUT2D eigenvalue weighted by Crippen LogP contribution is 2.25. The van der Waals surface area contributed by atoms with Crippen LogP contribution in [0.5, 0.6) is 0 Å². The Hall–Kier alpha value is -3.24. The predicted octanol–water partition coefficient (Wildman–Crippen LogP) is 4.53. The summed E-state index contributed by atoms with van der Waals surface area (Å²) in [5.41, 5.74) is 0. The Labute approximate surface area is 222 Å². The summed E-state index contributed by atoms with van der Waals surface area (Å²) in [5.74, 6) is -25.7. The van der Waals surface area contributed by atoms with Gasteiger partial charge in [0.15, 0.2) is 26.4 Å². The molecule has 0 heterocycles. The van der Waals surface area contributed by atoms with Gasteiger partial charge in [0, 0.05) is 0 Å². The molecular weight excluding hydrogens is 648 g/mol. The van der Waals surface area contributed by atoms with E-state index in [0.29, 0.717) is 0 Å². The molecule has 0 bridgehead atoms. The zero-order valence-corrected chi connectivity index (χ0v) is 19.9. The lowest BCUT2D eigenvalue weighted by atomic mass is 10.3. The Morgan fingerprint density at radius 1 is 0.381 bits per heavy atom. The van der Waals surface area contributed by atoms with Crippen molar-refractivity contribution in [2.75, 3.05) is 26.4 Å². The van der Waals surface area contributed by atoms with Gasteiger partial charge < -0.3 is 18.9 Å². The second-order valence-corrected chi connectivity index (χ2v) is 7.24. The maximum atomic E-state index is 12.3. The fraction of sp³-hybridized carbons (Fsp3) is 0.778. The topological polar surface area (TPSA) is 105 Å². The van der Waals surface area contributed by atoms with Gasteiger partial charge in [-0.1, -0.05) is 0 Å². The van der Waals surface area contributed by atoms with Crippen LogP contribution in [0.25, 0.3) is 0 Å². The monoisotopic (exact) mass is 664 g/mol. The van der Waals surface area contributed by atoms with Crippen molar-refractivity contribution in [3.8, 4) is 0 Å². The van der Waals surface area contributed by atoms with Gasteiger partial charge in [-0.05, 0) is 0 Å². The lowest BCUT2D eigenvalue weighted by Crippen LogP contribution is -2.35. The van der Waals surface area contributed by atoms with Gasteiger partial charge in [-0.25, -0.2) is 35.1 Å². The summed E-state index contributed by atoms with van der Waals surface area (Å²) in [5, 5.41) is 0. The molecule has 0 aromatic carbocycles. The van der Waals surface area contributed by atoms with E-state index in [1.54, 1.807) is 0 Å². The fourth-order valence-electron chi connectivity index (χ4n) is 1.40. The number of hydrogen-bond acceptors (Lipinski definition) is 8. The van der Waals surface area contributed by atoms with Crippen LogP contribution in [-0.4, -0.2) is 99.7 Å². The minimum atomic E-state index is -4.65. The molecule has 0 amide bonds. The number of halogens is 16. The van der Waals surface area contributed by atoms with Crippen LogP contribution >= 0.6 is 0 Å². The molecule has 0 unspecified atom stereocenters. The van der Waals surface area contributed by atoms with Gasteiger partial charge in [0.05, 0.1) is 0 Å². The van der Waals surface area contributed by atoms with E-state index in [9.17, 15) is 89.4 Å². The summed E-state index contributed by atoms with van der Waals surface area (Å²) in [6.45, 7) is -8.15. The third kappa shape index (κ3) is 16.9. The summed E-state index contributed by atoms with van der Waals surface area (Å²) < 4.78 is 206. The van der Waals surface area contributed by atoms with Gasteiger partial charge in [-0.2, -0.15) is 35.1 Å². The molecule has 0 aliphatic rings. The van der Waals surface area contributed by atoms with Crippen molar-refractivity contribution >= 4 is 23.9 Å². The molecule has 248 valence electrons. The quantitative estimate of drug-likeness (QED) is 0.103. The molecule has 0 N–H and O–H groups in total. The van der Waals surface area contributed by atoms with Crippen LogP contribution in [-0.2, 0) is 38.1 Å². The largest absolute Gasteiger partial charge is 0.459 e. The summed E-state index contributed by atoms with van der Waals surface area (Å²) in [4.78, 5) is 43.0. The number of esters is 4. The lowest BCUT2D eigenvalue weighted by Gasteiger charge is -2.16. The average molecular weight is 664 g/mol. The Morgan fingerprint density at radius 3 is 0.643 bits per heavy atom. The summed E-state index contributed by atoms with van der Waals surface area (Å²) in [6, 6.07) is 0. The van der Waals surface area contributed by atoms with Crippen LogP contribution in [0.2, 0.25) is 0 Å². The van der Waals surface area contributed by atoms with E-state index in [-0.39, 0.29) is 0 Å². The zero-order valence-electron chi connectivity index (χ0n) is 19.9. The SMILES string of the molecule is O=C(CC(=O)OCC(F)(F)C(F)F)OCC(F)(F)C(F)F.O=C(CC(=O)OCC(F)(F)C(F)F)OCC(F)(F)C(F)F. The number of alkyl halides is 16. The van der Waals surface area contributed by atoms with Gasteiger partial charge in [0.1, 0.15) is 12.8 Å². The number of ether oxygens (including phenoxy) is 4. The minimum Gasteiger partial charge on any atom is -0.459 e. The van der Waals surface area contributed by atoms with Gasteiger partial charge in [-0.15, -0.1) is 0 Å². The van der Waals surface area contributed by atoms with Crippen LogP contribution in [0.3, 0.4) is 0 Å². The second kappa shape index (κ2) is 17.0. The smallest absolute Gasteiger partial charge is 0.340 e. The third-order valence-corrected chi connectivity index (χ3v) is 3.56. The van der Waals surface area contributed by atoms with E-state index < -0.39 is 113 Å². The Balaban J connectivity index is 0. The Bertz CT molecular complexity index is 744. The van der Waals surface area contributed by atoms with Gasteiger partial charge in [0.25, 0.3) is 0 Å². The van der Waals surface area contributed by atoms with Gasteiger partial charge >= 0.3 is 73.3 Å². The normalized spacial score (nSPS) is 12.7. The molecule has 0 aliphatic heterocycles. The van der Waals surface area contributed by atoms with Crippen molar-refractivity contribution in [1.29, 1.82) is 0 Å². The maximum absolute atomic E-state index is 12.3. The van der Waals surface area contributed by atoms with E-state index >= 15 is 0 Å². The molecule has 0 aromatic rings. The molecule has 0 saturated heterocycles. The Morgan fingerprint density at radius 2 is 0.524 bits per heavy atom. The van der Waals surface area contributed by atoms with Crippen LogP contribution < -0.4 is 0 Å². The van der Waals surface area contributed by atoms with Crippen LogP contribution in [0, 0.1) is 0 Å². The Kier molecular flexibility index (Phi) is 16.6. The van der Waals surface area contributed by atoms with Crippen LogP contribution in [0.15, 0.2) is 0 Å². The molecule has 0 fully saturated rings. The molecule has 42 heavy (non-hydrogen) atoms. The van der Waals surface area contributed by atoms with Crippen molar-refractivity contribution < 1.29 is 108 Å². The first-order valence-corrected chi connectivity index (χ1v) is 10.0. The van der Waals surface area contributed by atoms with Crippen molar-refractivity contribution in [1.82, 2.24) is 0 Å². The number of rotatable bonds is 16. The highest BCUT2D eigenvalue weighted by molar-refractivity contribution is 5.91. The standard InChI is InChI=1S/2C9H8F8O4/c2*10-6(11)8(14,15)2-20-4(18)1-5(19)21-3-9(16,17)7(12)13/h2*6-7H,1-3H2. The van der Waals surface area contributed by atoms with Crippen molar-refractivity contribution in [2.45, 2.75) is 62.2 Å². The van der Waals surface area contributed by atoms with Gasteiger partial charge in [-0.3, -0.25) is 19.2 Å².